The molecule has 2 rings (SSSR count). The number of anilines is 2. The van der Waals surface area contributed by atoms with E-state index in [0.29, 0.717) is 22.1 Å². The SMILES string of the molecule is CC(=O)Nc1ccc(NC(=O)C(C)Oc2ccc(Cl)cc2C)cc1. The van der Waals surface area contributed by atoms with Gasteiger partial charge in [0.2, 0.25) is 5.91 Å². The van der Waals surface area contributed by atoms with Gasteiger partial charge in [0.1, 0.15) is 5.75 Å². The molecule has 0 bridgehead atoms. The van der Waals surface area contributed by atoms with E-state index in [2.05, 4.69) is 10.6 Å². The van der Waals surface area contributed by atoms with Crippen LogP contribution in [0, 0.1) is 6.92 Å². The van der Waals surface area contributed by atoms with Gasteiger partial charge in [-0.05, 0) is 61.9 Å². The van der Waals surface area contributed by atoms with Gasteiger partial charge in [0, 0.05) is 23.3 Å². The molecule has 2 amide bonds. The van der Waals surface area contributed by atoms with Crippen LogP contribution in [-0.4, -0.2) is 17.9 Å². The molecule has 2 aromatic rings. The first-order valence-corrected chi connectivity index (χ1v) is 7.84. The number of benzene rings is 2. The Kier molecular flexibility index (Phi) is 5.82. The number of aryl methyl sites for hydroxylation is 1. The van der Waals surface area contributed by atoms with E-state index in [1.165, 1.54) is 6.92 Å². The average molecular weight is 347 g/mol. The first-order chi connectivity index (χ1) is 11.3. The maximum absolute atomic E-state index is 12.2. The average Bonchev–Trinajstić information content (AvgIpc) is 2.51. The summed E-state index contributed by atoms with van der Waals surface area (Å²) < 4.78 is 5.68. The summed E-state index contributed by atoms with van der Waals surface area (Å²) in [6, 6.07) is 12.1. The van der Waals surface area contributed by atoms with Crippen LogP contribution >= 0.6 is 11.6 Å². The van der Waals surface area contributed by atoms with E-state index in [4.69, 9.17) is 16.3 Å². The van der Waals surface area contributed by atoms with Crippen LogP contribution in [0.25, 0.3) is 0 Å². The van der Waals surface area contributed by atoms with E-state index >= 15 is 0 Å². The highest BCUT2D eigenvalue weighted by atomic mass is 35.5. The van der Waals surface area contributed by atoms with Gasteiger partial charge in [0.25, 0.3) is 5.91 Å². The molecule has 0 saturated carbocycles. The van der Waals surface area contributed by atoms with Crippen LogP contribution in [0.3, 0.4) is 0 Å². The molecular weight excluding hydrogens is 328 g/mol. The molecule has 0 fully saturated rings. The number of nitrogens with one attached hydrogen (secondary N) is 2. The van der Waals surface area contributed by atoms with Crippen molar-refractivity contribution in [1.29, 1.82) is 0 Å². The molecule has 0 saturated heterocycles. The summed E-state index contributed by atoms with van der Waals surface area (Å²) >= 11 is 5.91. The van der Waals surface area contributed by atoms with Crippen molar-refractivity contribution in [1.82, 2.24) is 0 Å². The highest BCUT2D eigenvalue weighted by Gasteiger charge is 2.16. The molecule has 126 valence electrons. The van der Waals surface area contributed by atoms with Gasteiger partial charge >= 0.3 is 0 Å². The minimum Gasteiger partial charge on any atom is -0.481 e. The summed E-state index contributed by atoms with van der Waals surface area (Å²) in [6.45, 7) is 4.98. The van der Waals surface area contributed by atoms with Crippen molar-refractivity contribution in [3.8, 4) is 5.75 Å². The summed E-state index contributed by atoms with van der Waals surface area (Å²) in [5.74, 6) is 0.201. The summed E-state index contributed by atoms with van der Waals surface area (Å²) in [7, 11) is 0. The molecule has 24 heavy (non-hydrogen) atoms. The monoisotopic (exact) mass is 346 g/mol. The quantitative estimate of drug-likeness (QED) is 0.859. The van der Waals surface area contributed by atoms with Crippen LogP contribution in [0.15, 0.2) is 42.5 Å². The van der Waals surface area contributed by atoms with Crippen molar-refractivity contribution in [2.24, 2.45) is 0 Å². The number of carbonyl (C=O) groups excluding carboxylic acids is 2. The van der Waals surface area contributed by atoms with Crippen LogP contribution in [0.5, 0.6) is 5.75 Å². The summed E-state index contributed by atoms with van der Waals surface area (Å²) in [6.07, 6.45) is -0.667. The van der Waals surface area contributed by atoms with Gasteiger partial charge in [0.05, 0.1) is 0 Å². The number of ether oxygens (including phenoxy) is 1. The lowest BCUT2D eigenvalue weighted by Crippen LogP contribution is -2.30. The summed E-state index contributed by atoms with van der Waals surface area (Å²) in [5, 5.41) is 6.06. The zero-order valence-corrected chi connectivity index (χ0v) is 14.5. The first-order valence-electron chi connectivity index (χ1n) is 7.46. The van der Waals surface area contributed by atoms with E-state index in [9.17, 15) is 9.59 Å². The fourth-order valence-electron chi connectivity index (χ4n) is 2.07. The van der Waals surface area contributed by atoms with E-state index in [0.717, 1.165) is 5.56 Å². The predicted molar refractivity (Wildman–Crippen MR) is 95.7 cm³/mol. The van der Waals surface area contributed by atoms with E-state index in [1.807, 2.05) is 6.92 Å². The Balaban J connectivity index is 1.97. The number of carbonyl (C=O) groups is 2. The lowest BCUT2D eigenvalue weighted by Gasteiger charge is -2.16. The number of hydrogen-bond acceptors (Lipinski definition) is 3. The Hall–Kier alpha value is -2.53. The normalized spacial score (nSPS) is 11.5. The minimum atomic E-state index is -0.667. The molecule has 0 radical (unpaired) electrons. The second-order valence-electron chi connectivity index (χ2n) is 5.42. The molecule has 0 heterocycles. The van der Waals surface area contributed by atoms with Crippen LogP contribution in [0.2, 0.25) is 5.02 Å². The van der Waals surface area contributed by atoms with Crippen LogP contribution < -0.4 is 15.4 Å². The molecule has 1 unspecified atom stereocenters. The van der Waals surface area contributed by atoms with Crippen LogP contribution in [0.4, 0.5) is 11.4 Å². The minimum absolute atomic E-state index is 0.146. The second-order valence-corrected chi connectivity index (χ2v) is 5.85. The lowest BCUT2D eigenvalue weighted by molar-refractivity contribution is -0.122. The van der Waals surface area contributed by atoms with Crippen molar-refractivity contribution >= 4 is 34.8 Å². The Labute approximate surface area is 146 Å². The van der Waals surface area contributed by atoms with Crippen molar-refractivity contribution < 1.29 is 14.3 Å². The Bertz CT molecular complexity index is 744. The highest BCUT2D eigenvalue weighted by Crippen LogP contribution is 2.23. The van der Waals surface area contributed by atoms with Gasteiger partial charge in [-0.3, -0.25) is 9.59 Å². The molecule has 0 aliphatic heterocycles. The molecule has 0 aliphatic rings. The molecule has 0 aromatic heterocycles. The zero-order valence-electron chi connectivity index (χ0n) is 13.7. The van der Waals surface area contributed by atoms with Crippen molar-refractivity contribution in [3.05, 3.63) is 53.1 Å². The van der Waals surface area contributed by atoms with E-state index < -0.39 is 6.10 Å². The first kappa shape index (κ1) is 17.8. The standard InChI is InChI=1S/C18H19ClN2O3/c1-11-10-14(19)4-9-17(11)24-12(2)18(23)21-16-7-5-15(6-8-16)20-13(3)22/h4-10,12H,1-3H3,(H,20,22)(H,21,23). The van der Waals surface area contributed by atoms with E-state index in [-0.39, 0.29) is 11.8 Å². The zero-order chi connectivity index (χ0) is 17.7. The van der Waals surface area contributed by atoms with Gasteiger partial charge in [-0.15, -0.1) is 0 Å². The number of halogens is 1. The topological polar surface area (TPSA) is 67.4 Å². The maximum Gasteiger partial charge on any atom is 0.265 e. The summed E-state index contributed by atoms with van der Waals surface area (Å²) in [5.41, 5.74) is 2.15. The van der Waals surface area contributed by atoms with Gasteiger partial charge in [-0.2, -0.15) is 0 Å². The van der Waals surface area contributed by atoms with Crippen molar-refractivity contribution in [2.75, 3.05) is 10.6 Å². The number of amides is 2. The van der Waals surface area contributed by atoms with E-state index in [1.54, 1.807) is 49.4 Å². The van der Waals surface area contributed by atoms with Gasteiger partial charge in [-0.25, -0.2) is 0 Å². The lowest BCUT2D eigenvalue weighted by atomic mass is 10.2. The molecule has 1 atom stereocenters. The fourth-order valence-corrected chi connectivity index (χ4v) is 2.30. The van der Waals surface area contributed by atoms with Gasteiger partial charge in [-0.1, -0.05) is 11.6 Å². The Morgan fingerprint density at radius 1 is 1.04 bits per heavy atom. The molecule has 0 aliphatic carbocycles. The third-order valence-electron chi connectivity index (χ3n) is 3.28. The van der Waals surface area contributed by atoms with Gasteiger partial charge < -0.3 is 15.4 Å². The third kappa shape index (κ3) is 4.99. The van der Waals surface area contributed by atoms with Crippen LogP contribution in [-0.2, 0) is 9.59 Å². The Morgan fingerprint density at radius 3 is 2.17 bits per heavy atom. The molecule has 2 N–H and O–H groups in total. The highest BCUT2D eigenvalue weighted by molar-refractivity contribution is 6.30. The van der Waals surface area contributed by atoms with Crippen molar-refractivity contribution in [2.45, 2.75) is 26.9 Å². The molecule has 5 nitrogen and oxygen atoms in total. The molecular formula is C18H19ClN2O3. The fraction of sp³-hybridized carbons (Fsp3) is 0.222. The molecule has 6 heteroatoms. The van der Waals surface area contributed by atoms with Crippen molar-refractivity contribution in [3.63, 3.8) is 0 Å². The smallest absolute Gasteiger partial charge is 0.265 e. The predicted octanol–water partition coefficient (Wildman–Crippen LogP) is 4.01. The maximum atomic E-state index is 12.2. The molecule has 2 aromatic carbocycles. The third-order valence-corrected chi connectivity index (χ3v) is 3.52. The summed E-state index contributed by atoms with van der Waals surface area (Å²) in [4.78, 5) is 23.2. The number of hydrogen-bond donors (Lipinski definition) is 2. The second kappa shape index (κ2) is 7.84. The molecule has 0 spiro atoms. The van der Waals surface area contributed by atoms with Crippen LogP contribution in [0.1, 0.15) is 19.4 Å². The Morgan fingerprint density at radius 2 is 1.62 bits per heavy atom. The number of rotatable bonds is 5. The van der Waals surface area contributed by atoms with Gasteiger partial charge in [0.15, 0.2) is 6.10 Å². The largest absolute Gasteiger partial charge is 0.481 e.